The third-order valence-electron chi connectivity index (χ3n) is 4.20. The monoisotopic (exact) mass is 396 g/mol. The first-order valence-electron chi connectivity index (χ1n) is 8.61. The Labute approximate surface area is 162 Å². The van der Waals surface area contributed by atoms with E-state index in [2.05, 4.69) is 10.3 Å². The molecule has 1 aromatic carbocycles. The second kappa shape index (κ2) is 9.34. The largest absolute Gasteiger partial charge is 0.458 e. The van der Waals surface area contributed by atoms with Crippen molar-refractivity contribution >= 4 is 17.6 Å². The molecule has 2 aromatic rings. The van der Waals surface area contributed by atoms with Gasteiger partial charge in [0.2, 0.25) is 0 Å². The summed E-state index contributed by atoms with van der Waals surface area (Å²) in [5.74, 6) is -0.571. The van der Waals surface area contributed by atoms with Gasteiger partial charge in [-0.25, -0.2) is 4.79 Å². The van der Waals surface area contributed by atoms with Crippen molar-refractivity contribution in [2.75, 3.05) is 7.05 Å². The highest BCUT2D eigenvalue weighted by atomic mass is 35.5. The van der Waals surface area contributed by atoms with E-state index in [4.69, 9.17) is 16.3 Å². The van der Waals surface area contributed by atoms with Gasteiger partial charge in [-0.15, -0.1) is 0 Å². The van der Waals surface area contributed by atoms with E-state index in [-0.39, 0.29) is 36.6 Å². The van der Waals surface area contributed by atoms with Crippen LogP contribution in [-0.4, -0.2) is 39.4 Å². The van der Waals surface area contributed by atoms with Gasteiger partial charge in [-0.2, -0.15) is 0 Å². The molecule has 0 saturated heterocycles. The van der Waals surface area contributed by atoms with Gasteiger partial charge in [0.1, 0.15) is 5.69 Å². The molecule has 27 heavy (non-hydrogen) atoms. The first-order chi connectivity index (χ1) is 12.9. The zero-order chi connectivity index (χ0) is 20.1. The topological polar surface area (TPSA) is 115 Å². The van der Waals surface area contributed by atoms with E-state index < -0.39 is 5.97 Å². The lowest BCUT2D eigenvalue weighted by Crippen LogP contribution is -2.13. The van der Waals surface area contributed by atoms with Gasteiger partial charge >= 0.3 is 5.97 Å². The molecule has 0 radical (unpaired) electrons. The zero-order valence-electron chi connectivity index (χ0n) is 15.6. The van der Waals surface area contributed by atoms with Crippen molar-refractivity contribution in [1.82, 2.24) is 10.3 Å². The zero-order valence-corrected chi connectivity index (χ0v) is 16.4. The molecule has 0 bridgehead atoms. The summed E-state index contributed by atoms with van der Waals surface area (Å²) in [7, 11) is 1.76. The molecule has 0 unspecified atom stereocenters. The molecule has 0 fully saturated rings. The third-order valence-corrected chi connectivity index (χ3v) is 4.58. The smallest absolute Gasteiger partial charge is 0.356 e. The molecule has 0 saturated carbocycles. The molecule has 1 aromatic heterocycles. The van der Waals surface area contributed by atoms with Crippen molar-refractivity contribution < 1.29 is 24.9 Å². The highest BCUT2D eigenvalue weighted by Crippen LogP contribution is 2.38. The molecule has 0 aliphatic heterocycles. The van der Waals surface area contributed by atoms with E-state index in [1.54, 1.807) is 33.0 Å². The number of aliphatic hydroxyl groups is 3. The number of hydrogen-bond donors (Lipinski definition) is 5. The molecule has 0 aliphatic rings. The lowest BCUT2D eigenvalue weighted by Gasteiger charge is -2.16. The fourth-order valence-electron chi connectivity index (χ4n) is 3.03. The Hall–Kier alpha value is -1.90. The Morgan fingerprint density at radius 2 is 1.85 bits per heavy atom. The molecule has 0 spiro atoms. The average Bonchev–Trinajstić information content (AvgIpc) is 2.96. The van der Waals surface area contributed by atoms with Crippen molar-refractivity contribution in [2.45, 2.75) is 46.3 Å². The van der Waals surface area contributed by atoms with Gasteiger partial charge in [0.25, 0.3) is 0 Å². The lowest BCUT2D eigenvalue weighted by molar-refractivity contribution is 0.0371. The number of halogens is 1. The summed E-state index contributed by atoms with van der Waals surface area (Å²) in [5, 5.41) is 32.3. The van der Waals surface area contributed by atoms with Gasteiger partial charge in [-0.05, 0) is 43.1 Å². The van der Waals surface area contributed by atoms with E-state index in [0.29, 0.717) is 40.1 Å². The van der Waals surface area contributed by atoms with Crippen LogP contribution in [0.2, 0.25) is 5.02 Å². The molecule has 1 heterocycles. The number of carbonyl (C=O) groups excluding carboxylic acids is 1. The fourth-order valence-corrected chi connectivity index (χ4v) is 3.37. The van der Waals surface area contributed by atoms with Crippen molar-refractivity contribution in [1.29, 1.82) is 0 Å². The van der Waals surface area contributed by atoms with Gasteiger partial charge < -0.3 is 30.4 Å². The van der Waals surface area contributed by atoms with E-state index in [1.807, 2.05) is 0 Å². The number of hydrogen-bond acceptors (Lipinski definition) is 6. The predicted octanol–water partition coefficient (Wildman–Crippen LogP) is 2.10. The van der Waals surface area contributed by atoms with Gasteiger partial charge in [-0.1, -0.05) is 23.7 Å². The van der Waals surface area contributed by atoms with Crippen LogP contribution in [0.4, 0.5) is 0 Å². The maximum Gasteiger partial charge on any atom is 0.356 e. The summed E-state index contributed by atoms with van der Waals surface area (Å²) in [5.41, 5.74) is 3.31. The van der Waals surface area contributed by atoms with Crippen molar-refractivity contribution in [3.63, 3.8) is 0 Å². The Kier molecular flexibility index (Phi) is 7.41. The highest BCUT2D eigenvalue weighted by Gasteiger charge is 2.26. The molecule has 7 nitrogen and oxygen atoms in total. The van der Waals surface area contributed by atoms with E-state index >= 15 is 0 Å². The van der Waals surface area contributed by atoms with Gasteiger partial charge in [0.05, 0.1) is 30.9 Å². The summed E-state index contributed by atoms with van der Waals surface area (Å²) in [6, 6.07) is 3.38. The Bertz CT molecular complexity index is 817. The van der Waals surface area contributed by atoms with Crippen LogP contribution in [0, 0.1) is 0 Å². The Morgan fingerprint density at radius 3 is 2.37 bits per heavy atom. The van der Waals surface area contributed by atoms with Crippen LogP contribution in [0.15, 0.2) is 12.1 Å². The minimum absolute atomic E-state index is 0.131. The van der Waals surface area contributed by atoms with E-state index in [1.165, 1.54) is 0 Å². The van der Waals surface area contributed by atoms with Crippen LogP contribution < -0.4 is 5.32 Å². The molecule has 2 rings (SSSR count). The number of ether oxygens (including phenoxy) is 1. The average molecular weight is 397 g/mol. The molecule has 8 heteroatoms. The molecular weight excluding hydrogens is 372 g/mol. The number of carbonyl (C=O) groups is 1. The highest BCUT2D eigenvalue weighted by molar-refractivity contribution is 6.36. The first kappa shape index (κ1) is 21.4. The maximum absolute atomic E-state index is 12.4. The minimum atomic E-state index is -0.571. The second-order valence-electron chi connectivity index (χ2n) is 6.36. The molecule has 148 valence electrons. The molecular formula is C19H25ClN2O5. The van der Waals surface area contributed by atoms with Crippen molar-refractivity contribution in [3.05, 3.63) is 45.2 Å². The number of benzene rings is 1. The summed E-state index contributed by atoms with van der Waals surface area (Å²) in [6.07, 6.45) is -0.300. The number of rotatable bonds is 8. The molecule has 0 aliphatic carbocycles. The summed E-state index contributed by atoms with van der Waals surface area (Å²) in [4.78, 5) is 15.4. The summed E-state index contributed by atoms with van der Waals surface area (Å²) < 4.78 is 5.24. The number of aliphatic hydroxyl groups excluding tert-OH is 3. The normalized spacial score (nSPS) is 11.3. The van der Waals surface area contributed by atoms with Crippen molar-refractivity contribution in [3.8, 4) is 11.1 Å². The minimum Gasteiger partial charge on any atom is -0.458 e. The summed E-state index contributed by atoms with van der Waals surface area (Å²) in [6.45, 7) is 2.92. The standard InChI is InChI=1S/C19H25ClN2O5/c1-10(2)27-19(26)18-17(20)16(15(22-18)6-21-3)12-5-4-11(7-23)13(8-24)14(12)9-25/h4-5,10,21-25H,6-9H2,1-3H3. The van der Waals surface area contributed by atoms with Crippen LogP contribution >= 0.6 is 11.6 Å². The number of aromatic nitrogens is 1. The van der Waals surface area contributed by atoms with Crippen LogP contribution in [0.1, 0.15) is 46.7 Å². The van der Waals surface area contributed by atoms with Crippen LogP contribution in [-0.2, 0) is 31.1 Å². The number of esters is 1. The first-order valence-corrected chi connectivity index (χ1v) is 8.99. The predicted molar refractivity (Wildman–Crippen MR) is 102 cm³/mol. The number of H-pyrrole nitrogens is 1. The fraction of sp³-hybridized carbons (Fsp3) is 0.421. The van der Waals surface area contributed by atoms with Gasteiger partial charge in [-0.3, -0.25) is 0 Å². The molecule has 5 N–H and O–H groups in total. The van der Waals surface area contributed by atoms with Crippen LogP contribution in [0.3, 0.4) is 0 Å². The Morgan fingerprint density at radius 1 is 1.19 bits per heavy atom. The van der Waals surface area contributed by atoms with Crippen LogP contribution in [0.5, 0.6) is 0 Å². The van der Waals surface area contributed by atoms with Gasteiger partial charge in [0.15, 0.2) is 0 Å². The number of nitrogens with one attached hydrogen (secondary N) is 2. The quantitative estimate of drug-likeness (QED) is 0.436. The summed E-state index contributed by atoms with van der Waals surface area (Å²) >= 11 is 6.52. The maximum atomic E-state index is 12.4. The van der Waals surface area contributed by atoms with E-state index in [9.17, 15) is 20.1 Å². The third kappa shape index (κ3) is 4.34. The lowest BCUT2D eigenvalue weighted by atomic mass is 9.92. The van der Waals surface area contributed by atoms with Gasteiger partial charge in [0, 0.05) is 17.8 Å². The molecule has 0 atom stereocenters. The van der Waals surface area contributed by atoms with E-state index in [0.717, 1.165) is 0 Å². The Balaban J connectivity index is 2.71. The number of aromatic amines is 1. The second-order valence-corrected chi connectivity index (χ2v) is 6.73. The molecule has 0 amide bonds. The SMILES string of the molecule is CNCc1[nH]c(C(=O)OC(C)C)c(Cl)c1-c1ccc(CO)c(CO)c1CO. The van der Waals surface area contributed by atoms with Crippen LogP contribution in [0.25, 0.3) is 11.1 Å². The van der Waals surface area contributed by atoms with Crippen molar-refractivity contribution in [2.24, 2.45) is 0 Å².